The van der Waals surface area contributed by atoms with Crippen molar-refractivity contribution < 1.29 is 14.3 Å². The Morgan fingerprint density at radius 3 is 2.06 bits per heavy atom. The van der Waals surface area contributed by atoms with E-state index in [2.05, 4.69) is 16.0 Å². The van der Waals surface area contributed by atoms with Gasteiger partial charge in [0.25, 0.3) is 0 Å². The van der Waals surface area contributed by atoms with Crippen molar-refractivity contribution in [2.45, 2.75) is 12.8 Å². The van der Waals surface area contributed by atoms with E-state index in [9.17, 15) is 9.59 Å². The Hall–Kier alpha value is -3.71. The summed E-state index contributed by atoms with van der Waals surface area (Å²) < 4.78 is 5.11. The normalized spacial score (nSPS) is 10.1. The van der Waals surface area contributed by atoms with Crippen LogP contribution in [0.4, 0.5) is 11.4 Å². The van der Waals surface area contributed by atoms with Crippen LogP contribution in [0.2, 0.25) is 0 Å². The number of anilines is 2. The molecule has 2 amide bonds. The number of carbonyl (C=O) groups excluding carboxylic acids is 2. The third-order valence-corrected chi connectivity index (χ3v) is 4.59. The van der Waals surface area contributed by atoms with E-state index in [0.717, 1.165) is 16.9 Å². The molecule has 0 saturated heterocycles. The number of carbonyl (C=O) groups is 2. The van der Waals surface area contributed by atoms with Crippen molar-refractivity contribution in [1.82, 2.24) is 5.32 Å². The molecule has 6 nitrogen and oxygen atoms in total. The van der Waals surface area contributed by atoms with Gasteiger partial charge in [-0.2, -0.15) is 0 Å². The van der Waals surface area contributed by atoms with Gasteiger partial charge in [0.1, 0.15) is 5.75 Å². The maximum Gasteiger partial charge on any atom is 0.230 e. The number of nitrogens with one attached hydrogen (secondary N) is 3. The molecule has 0 heterocycles. The van der Waals surface area contributed by atoms with E-state index in [1.165, 1.54) is 0 Å². The van der Waals surface area contributed by atoms with Crippen molar-refractivity contribution in [3.05, 3.63) is 90.0 Å². The van der Waals surface area contributed by atoms with Gasteiger partial charge in [-0.3, -0.25) is 9.59 Å². The molecule has 0 aliphatic rings. The highest BCUT2D eigenvalue weighted by Crippen LogP contribution is 2.16. The van der Waals surface area contributed by atoms with E-state index in [0.29, 0.717) is 17.8 Å². The maximum absolute atomic E-state index is 12.3. The molecule has 0 saturated carbocycles. The van der Waals surface area contributed by atoms with Gasteiger partial charge in [0.2, 0.25) is 11.8 Å². The predicted molar refractivity (Wildman–Crippen MR) is 126 cm³/mol. The average molecular weight is 434 g/mol. The van der Waals surface area contributed by atoms with Crippen LogP contribution in [-0.2, 0) is 22.4 Å². The van der Waals surface area contributed by atoms with Gasteiger partial charge in [0.05, 0.1) is 20.0 Å². The Bertz CT molecular complexity index is 1050. The van der Waals surface area contributed by atoms with E-state index >= 15 is 0 Å². The average Bonchev–Trinajstić information content (AvgIpc) is 2.75. The molecule has 31 heavy (non-hydrogen) atoms. The third-order valence-electron chi connectivity index (χ3n) is 4.39. The van der Waals surface area contributed by atoms with Crippen LogP contribution in [0.25, 0.3) is 0 Å². The Balaban J connectivity index is 1.50. The molecule has 0 aromatic heterocycles. The highest BCUT2D eigenvalue weighted by molar-refractivity contribution is 7.80. The second-order valence-electron chi connectivity index (χ2n) is 6.82. The maximum atomic E-state index is 12.3. The van der Waals surface area contributed by atoms with Crippen molar-refractivity contribution in [3.8, 4) is 5.75 Å². The minimum atomic E-state index is -0.227. The number of amides is 2. The van der Waals surface area contributed by atoms with Gasteiger partial charge in [-0.25, -0.2) is 0 Å². The lowest BCUT2D eigenvalue weighted by molar-refractivity contribution is -0.119. The summed E-state index contributed by atoms with van der Waals surface area (Å²) in [6.45, 7) is 0. The Labute approximate surface area is 186 Å². The highest BCUT2D eigenvalue weighted by atomic mass is 32.1. The quantitative estimate of drug-likeness (QED) is 0.492. The predicted octanol–water partition coefficient (Wildman–Crippen LogP) is 3.93. The summed E-state index contributed by atoms with van der Waals surface area (Å²) in [5, 5.41) is 8.68. The molecule has 0 spiro atoms. The first-order chi connectivity index (χ1) is 15.0. The lowest BCUT2D eigenvalue weighted by Crippen LogP contribution is -2.35. The van der Waals surface area contributed by atoms with E-state index in [4.69, 9.17) is 17.0 Å². The number of methoxy groups -OCH3 is 1. The molecule has 0 bridgehead atoms. The van der Waals surface area contributed by atoms with Gasteiger partial charge < -0.3 is 20.7 Å². The smallest absolute Gasteiger partial charge is 0.230 e. The molecule has 158 valence electrons. The topological polar surface area (TPSA) is 79.5 Å². The van der Waals surface area contributed by atoms with Gasteiger partial charge in [0.15, 0.2) is 5.11 Å². The summed E-state index contributed by atoms with van der Waals surface area (Å²) in [7, 11) is 1.59. The van der Waals surface area contributed by atoms with Gasteiger partial charge in [-0.1, -0.05) is 48.5 Å². The summed E-state index contributed by atoms with van der Waals surface area (Å²) in [4.78, 5) is 24.5. The molecule has 3 aromatic rings. The largest absolute Gasteiger partial charge is 0.497 e. The molecule has 0 atom stereocenters. The zero-order valence-corrected chi connectivity index (χ0v) is 17.9. The number of benzene rings is 3. The fourth-order valence-electron chi connectivity index (χ4n) is 2.92. The minimum absolute atomic E-state index is 0.112. The second kappa shape index (κ2) is 10.9. The van der Waals surface area contributed by atoms with E-state index in [-0.39, 0.29) is 23.3 Å². The summed E-state index contributed by atoms with van der Waals surface area (Å²) in [6, 6.07) is 23.9. The monoisotopic (exact) mass is 433 g/mol. The van der Waals surface area contributed by atoms with Crippen molar-refractivity contribution in [3.63, 3.8) is 0 Å². The lowest BCUT2D eigenvalue weighted by atomic mass is 10.1. The van der Waals surface area contributed by atoms with Crippen molar-refractivity contribution in [2.75, 3.05) is 17.7 Å². The molecule has 0 unspecified atom stereocenters. The molecular formula is C24H23N3O3S. The fraction of sp³-hybridized carbons (Fsp3) is 0.125. The Morgan fingerprint density at radius 2 is 1.39 bits per heavy atom. The first-order valence-corrected chi connectivity index (χ1v) is 10.1. The van der Waals surface area contributed by atoms with Crippen molar-refractivity contribution in [1.29, 1.82) is 0 Å². The molecule has 3 aromatic carbocycles. The Kier molecular flexibility index (Phi) is 7.73. The first kappa shape index (κ1) is 22.0. The van der Waals surface area contributed by atoms with Gasteiger partial charge in [-0.05, 0) is 53.7 Å². The van der Waals surface area contributed by atoms with Crippen LogP contribution in [0, 0.1) is 0 Å². The van der Waals surface area contributed by atoms with Crippen LogP contribution in [0.5, 0.6) is 5.75 Å². The lowest BCUT2D eigenvalue weighted by Gasteiger charge is -2.12. The number of ether oxygens (including phenoxy) is 1. The van der Waals surface area contributed by atoms with E-state index in [1.807, 2.05) is 42.5 Å². The van der Waals surface area contributed by atoms with E-state index < -0.39 is 0 Å². The summed E-state index contributed by atoms with van der Waals surface area (Å²) >= 11 is 5.24. The highest BCUT2D eigenvalue weighted by Gasteiger charge is 2.08. The van der Waals surface area contributed by atoms with Crippen LogP contribution in [0.3, 0.4) is 0 Å². The van der Waals surface area contributed by atoms with Gasteiger partial charge in [-0.15, -0.1) is 0 Å². The van der Waals surface area contributed by atoms with Crippen molar-refractivity contribution >= 4 is 40.5 Å². The summed E-state index contributed by atoms with van der Waals surface area (Å²) in [5.41, 5.74) is 3.09. The fourth-order valence-corrected chi connectivity index (χ4v) is 3.15. The first-order valence-electron chi connectivity index (χ1n) is 9.69. The summed E-state index contributed by atoms with van der Waals surface area (Å²) in [6.07, 6.45) is 0.486. The van der Waals surface area contributed by atoms with Crippen LogP contribution in [-0.4, -0.2) is 24.0 Å². The minimum Gasteiger partial charge on any atom is -0.497 e. The SMILES string of the molecule is COc1ccc(CC(=O)NC(=S)Nc2cccc(NC(=O)Cc3ccccc3)c2)cc1. The second-order valence-corrected chi connectivity index (χ2v) is 7.23. The number of rotatable bonds is 7. The van der Waals surface area contributed by atoms with Crippen LogP contribution in [0.15, 0.2) is 78.9 Å². The molecule has 0 radical (unpaired) electrons. The van der Waals surface area contributed by atoms with Crippen molar-refractivity contribution in [2.24, 2.45) is 0 Å². The molecular weight excluding hydrogens is 410 g/mol. The van der Waals surface area contributed by atoms with Crippen LogP contribution >= 0.6 is 12.2 Å². The zero-order valence-electron chi connectivity index (χ0n) is 17.1. The molecule has 3 N–H and O–H groups in total. The third kappa shape index (κ3) is 7.24. The van der Waals surface area contributed by atoms with E-state index in [1.54, 1.807) is 43.5 Å². The molecule has 3 rings (SSSR count). The van der Waals surface area contributed by atoms with Gasteiger partial charge in [0, 0.05) is 11.4 Å². The molecule has 0 aliphatic carbocycles. The van der Waals surface area contributed by atoms with Crippen LogP contribution in [0.1, 0.15) is 11.1 Å². The van der Waals surface area contributed by atoms with Gasteiger partial charge >= 0.3 is 0 Å². The molecule has 0 fully saturated rings. The van der Waals surface area contributed by atoms with Crippen LogP contribution < -0.4 is 20.7 Å². The molecule has 7 heteroatoms. The number of hydrogen-bond donors (Lipinski definition) is 3. The Morgan fingerprint density at radius 1 is 0.774 bits per heavy atom. The summed E-state index contributed by atoms with van der Waals surface area (Å²) in [5.74, 6) is 0.394. The number of thiocarbonyl (C=S) groups is 1. The number of hydrogen-bond acceptors (Lipinski definition) is 4. The zero-order chi connectivity index (χ0) is 22.1. The molecule has 0 aliphatic heterocycles. The standard InChI is InChI=1S/C24H23N3O3S/c1-30-21-12-10-18(11-13-21)15-23(29)27-24(31)26-20-9-5-8-19(16-20)25-22(28)14-17-6-3-2-4-7-17/h2-13,16H,14-15H2,1H3,(H,25,28)(H2,26,27,29,31).